The van der Waals surface area contributed by atoms with E-state index in [1.807, 2.05) is 24.4 Å². The van der Waals surface area contributed by atoms with E-state index in [-0.39, 0.29) is 0 Å². The molecule has 2 aromatic rings. The molecule has 0 bridgehead atoms. The summed E-state index contributed by atoms with van der Waals surface area (Å²) in [5.74, 6) is 1.09. The Labute approximate surface area is 91.4 Å². The number of imidazole rings is 1. The lowest BCUT2D eigenvalue weighted by molar-refractivity contribution is 0.856. The van der Waals surface area contributed by atoms with Gasteiger partial charge in [-0.2, -0.15) is 0 Å². The number of hydrogen-bond donors (Lipinski definition) is 1. The molecule has 0 saturated carbocycles. The largest absolute Gasteiger partial charge is 0.349 e. The third kappa shape index (κ3) is 5.01. The number of H-pyrrole nitrogens is 1. The summed E-state index contributed by atoms with van der Waals surface area (Å²) < 4.78 is 0. The highest BCUT2D eigenvalue weighted by atomic mass is 14.9. The summed E-state index contributed by atoms with van der Waals surface area (Å²) in [4.78, 5) is 7.08. The van der Waals surface area contributed by atoms with Crippen molar-refractivity contribution in [2.75, 3.05) is 0 Å². The molecule has 0 aliphatic carbocycles. The molecule has 1 N–H and O–H groups in total. The van der Waals surface area contributed by atoms with Crippen molar-refractivity contribution in [3.63, 3.8) is 0 Å². The minimum absolute atomic E-state index is 1.06. The van der Waals surface area contributed by atoms with Gasteiger partial charge in [0, 0.05) is 18.8 Å². The van der Waals surface area contributed by atoms with Gasteiger partial charge in [-0.05, 0) is 13.3 Å². The maximum atomic E-state index is 4.05. The molecule has 80 valence electrons. The van der Waals surface area contributed by atoms with Crippen LogP contribution in [0.4, 0.5) is 0 Å². The Balaban J connectivity index is 0.000000151. The van der Waals surface area contributed by atoms with E-state index in [0.29, 0.717) is 0 Å². The van der Waals surface area contributed by atoms with Gasteiger partial charge >= 0.3 is 0 Å². The number of benzene rings is 1. The van der Waals surface area contributed by atoms with Gasteiger partial charge in [-0.3, -0.25) is 0 Å². The van der Waals surface area contributed by atoms with Crippen molar-refractivity contribution in [2.45, 2.75) is 26.7 Å². The minimum atomic E-state index is 1.06. The summed E-state index contributed by atoms with van der Waals surface area (Å²) in [6, 6.07) is 10.3. The molecule has 1 heterocycles. The number of rotatable bonds is 2. The Bertz CT molecular complexity index is 338. The van der Waals surface area contributed by atoms with Crippen LogP contribution in [0, 0.1) is 6.92 Å². The van der Waals surface area contributed by atoms with Gasteiger partial charge in [0.1, 0.15) is 5.82 Å². The highest BCUT2D eigenvalue weighted by Gasteiger charge is 1.87. The lowest BCUT2D eigenvalue weighted by atomic mass is 10.2. The van der Waals surface area contributed by atoms with Gasteiger partial charge in [0.2, 0.25) is 0 Å². The normalized spacial score (nSPS) is 9.20. The van der Waals surface area contributed by atoms with Crippen LogP contribution in [0.1, 0.15) is 24.7 Å². The summed E-state index contributed by atoms with van der Waals surface area (Å²) in [6.07, 6.45) is 5.86. The maximum Gasteiger partial charge on any atom is 0.105 e. The number of nitrogens with one attached hydrogen (secondary N) is 1. The van der Waals surface area contributed by atoms with E-state index >= 15 is 0 Å². The van der Waals surface area contributed by atoms with Gasteiger partial charge in [0.15, 0.2) is 0 Å². The SMILES string of the molecule is CCCc1ncc[nH]1.Cc1ccccc1. The third-order valence-corrected chi connectivity index (χ3v) is 1.98. The van der Waals surface area contributed by atoms with Crippen LogP contribution < -0.4 is 0 Å². The molecule has 15 heavy (non-hydrogen) atoms. The standard InChI is InChI=1S/C7H8.C6H10N2/c1-7-5-3-2-4-6-7;1-2-3-6-7-4-5-8-6/h2-6H,1H3;4-5H,2-3H2,1H3,(H,7,8). The molecule has 0 aliphatic rings. The van der Waals surface area contributed by atoms with Crippen LogP contribution in [-0.2, 0) is 6.42 Å². The summed E-state index contributed by atoms with van der Waals surface area (Å²) >= 11 is 0. The van der Waals surface area contributed by atoms with Crippen LogP contribution in [-0.4, -0.2) is 9.97 Å². The maximum absolute atomic E-state index is 4.05. The smallest absolute Gasteiger partial charge is 0.105 e. The predicted octanol–water partition coefficient (Wildman–Crippen LogP) is 3.36. The first-order valence-corrected chi connectivity index (χ1v) is 5.33. The van der Waals surface area contributed by atoms with Crippen LogP contribution in [0.15, 0.2) is 42.7 Å². The molecule has 0 spiro atoms. The van der Waals surface area contributed by atoms with Gasteiger partial charge in [0.05, 0.1) is 0 Å². The number of aromatic nitrogens is 2. The first-order valence-electron chi connectivity index (χ1n) is 5.33. The monoisotopic (exact) mass is 202 g/mol. The summed E-state index contributed by atoms with van der Waals surface area (Å²) in [5.41, 5.74) is 1.32. The molecule has 2 rings (SSSR count). The van der Waals surface area contributed by atoms with Crippen molar-refractivity contribution in [1.29, 1.82) is 0 Å². The molecule has 0 atom stereocenters. The van der Waals surface area contributed by atoms with Crippen molar-refractivity contribution in [1.82, 2.24) is 9.97 Å². The van der Waals surface area contributed by atoms with Gasteiger partial charge in [-0.25, -0.2) is 4.98 Å². The average molecular weight is 202 g/mol. The Morgan fingerprint density at radius 3 is 2.33 bits per heavy atom. The first-order chi connectivity index (χ1) is 7.33. The molecule has 0 saturated heterocycles. The molecule has 0 radical (unpaired) electrons. The fraction of sp³-hybridized carbons (Fsp3) is 0.308. The Kier molecular flexibility index (Phi) is 5.23. The van der Waals surface area contributed by atoms with E-state index in [9.17, 15) is 0 Å². The molecule has 0 fully saturated rings. The number of aryl methyl sites for hydroxylation is 2. The second-order valence-corrected chi connectivity index (χ2v) is 3.44. The fourth-order valence-corrected chi connectivity index (χ4v) is 1.21. The first kappa shape index (κ1) is 11.5. The number of aromatic amines is 1. The zero-order valence-electron chi connectivity index (χ0n) is 9.40. The van der Waals surface area contributed by atoms with E-state index in [1.54, 1.807) is 6.20 Å². The lowest BCUT2D eigenvalue weighted by Gasteiger charge is -1.85. The summed E-state index contributed by atoms with van der Waals surface area (Å²) in [7, 11) is 0. The number of nitrogens with zero attached hydrogens (tertiary/aromatic N) is 1. The van der Waals surface area contributed by atoms with Crippen molar-refractivity contribution >= 4 is 0 Å². The van der Waals surface area contributed by atoms with E-state index in [1.165, 1.54) is 5.56 Å². The quantitative estimate of drug-likeness (QED) is 0.794. The van der Waals surface area contributed by atoms with Crippen LogP contribution in [0.2, 0.25) is 0 Å². The molecular weight excluding hydrogens is 184 g/mol. The van der Waals surface area contributed by atoms with Crippen molar-refractivity contribution in [3.8, 4) is 0 Å². The Morgan fingerprint density at radius 1 is 1.20 bits per heavy atom. The molecule has 2 heteroatoms. The Hall–Kier alpha value is -1.57. The molecule has 0 aliphatic heterocycles. The van der Waals surface area contributed by atoms with Gasteiger partial charge in [-0.15, -0.1) is 0 Å². The lowest BCUT2D eigenvalue weighted by Crippen LogP contribution is -1.83. The van der Waals surface area contributed by atoms with E-state index in [4.69, 9.17) is 0 Å². The minimum Gasteiger partial charge on any atom is -0.349 e. The fourth-order valence-electron chi connectivity index (χ4n) is 1.21. The van der Waals surface area contributed by atoms with E-state index < -0.39 is 0 Å². The Morgan fingerprint density at radius 2 is 1.93 bits per heavy atom. The molecular formula is C13H18N2. The van der Waals surface area contributed by atoms with Crippen molar-refractivity contribution in [3.05, 3.63) is 54.1 Å². The second kappa shape index (κ2) is 6.82. The topological polar surface area (TPSA) is 28.7 Å². The van der Waals surface area contributed by atoms with E-state index in [0.717, 1.165) is 18.7 Å². The number of hydrogen-bond acceptors (Lipinski definition) is 1. The highest BCUT2D eigenvalue weighted by molar-refractivity contribution is 5.11. The summed E-state index contributed by atoms with van der Waals surface area (Å²) in [6.45, 7) is 4.22. The average Bonchev–Trinajstić information content (AvgIpc) is 2.73. The third-order valence-electron chi connectivity index (χ3n) is 1.98. The van der Waals surface area contributed by atoms with Crippen LogP contribution in [0.25, 0.3) is 0 Å². The van der Waals surface area contributed by atoms with Crippen molar-refractivity contribution < 1.29 is 0 Å². The van der Waals surface area contributed by atoms with Crippen molar-refractivity contribution in [2.24, 2.45) is 0 Å². The zero-order chi connectivity index (χ0) is 10.9. The zero-order valence-corrected chi connectivity index (χ0v) is 9.40. The van der Waals surface area contributed by atoms with E-state index in [2.05, 4.69) is 35.9 Å². The van der Waals surface area contributed by atoms with Crippen LogP contribution >= 0.6 is 0 Å². The molecule has 1 aromatic carbocycles. The molecule has 0 amide bonds. The molecule has 1 aromatic heterocycles. The van der Waals surface area contributed by atoms with Gasteiger partial charge in [0.25, 0.3) is 0 Å². The van der Waals surface area contributed by atoms with Crippen LogP contribution in [0.3, 0.4) is 0 Å². The summed E-state index contributed by atoms with van der Waals surface area (Å²) in [5, 5.41) is 0. The highest BCUT2D eigenvalue weighted by Crippen LogP contribution is 1.92. The van der Waals surface area contributed by atoms with Crippen LogP contribution in [0.5, 0.6) is 0 Å². The second-order valence-electron chi connectivity index (χ2n) is 3.44. The molecule has 0 unspecified atom stereocenters. The predicted molar refractivity (Wildman–Crippen MR) is 63.8 cm³/mol. The van der Waals surface area contributed by atoms with Gasteiger partial charge in [-0.1, -0.05) is 42.8 Å². The van der Waals surface area contributed by atoms with Gasteiger partial charge < -0.3 is 4.98 Å². The molecule has 2 nitrogen and oxygen atoms in total.